The van der Waals surface area contributed by atoms with Crippen molar-refractivity contribution in [1.29, 1.82) is 0 Å². The second kappa shape index (κ2) is 18.1. The first-order valence-corrected chi connectivity index (χ1v) is 27.3. The van der Waals surface area contributed by atoms with Crippen molar-refractivity contribution in [3.05, 3.63) is 291 Å². The lowest BCUT2D eigenvalue weighted by Gasteiger charge is -2.20. The van der Waals surface area contributed by atoms with Crippen LogP contribution in [0, 0.1) is 0 Å². The Morgan fingerprint density at radius 1 is 0.215 bits per heavy atom. The standard InChI is InChI=1S/C77H48N2/c1-2-20-62(21-3-1)79-72-29-15-14-28-71(72)78-77(79)61-41-37-55-46-59(40-36-56(55)47-61)74-65-24-10-8-22-63(65)73(64-23-9-11-25-66(64)74)52-34-30-51(31-35-52)57-42-43-69-70(48-57)76(60-39-33-50-17-5-7-19-54(50)45-60)68-27-13-12-26-67(68)75(69)58-38-32-49-16-4-6-18-53(49)44-58/h1-48H. The normalized spacial score (nSPS) is 11.8. The van der Waals surface area contributed by atoms with E-state index in [1.54, 1.807) is 0 Å². The lowest BCUT2D eigenvalue weighted by atomic mass is 9.84. The van der Waals surface area contributed by atoms with Crippen molar-refractivity contribution in [3.8, 4) is 72.7 Å². The second-order valence-corrected chi connectivity index (χ2v) is 21.0. The predicted molar refractivity (Wildman–Crippen MR) is 336 cm³/mol. The van der Waals surface area contributed by atoms with Gasteiger partial charge in [0.15, 0.2) is 0 Å². The highest BCUT2D eigenvalue weighted by Crippen LogP contribution is 2.48. The molecule has 0 aliphatic carbocycles. The fourth-order valence-corrected chi connectivity index (χ4v) is 12.8. The molecule has 366 valence electrons. The van der Waals surface area contributed by atoms with Gasteiger partial charge in [-0.05, 0) is 186 Å². The van der Waals surface area contributed by atoms with Gasteiger partial charge in [0.2, 0.25) is 0 Å². The van der Waals surface area contributed by atoms with Gasteiger partial charge >= 0.3 is 0 Å². The molecule has 16 rings (SSSR count). The highest BCUT2D eigenvalue weighted by Gasteiger charge is 2.21. The van der Waals surface area contributed by atoms with E-state index in [-0.39, 0.29) is 0 Å². The van der Waals surface area contributed by atoms with Gasteiger partial charge in [-0.1, -0.05) is 237 Å². The molecule has 0 unspecified atom stereocenters. The number of imidazole rings is 1. The number of aromatic nitrogens is 2. The smallest absolute Gasteiger partial charge is 0.145 e. The molecule has 1 aromatic heterocycles. The molecule has 1 heterocycles. The van der Waals surface area contributed by atoms with Crippen molar-refractivity contribution in [1.82, 2.24) is 9.55 Å². The largest absolute Gasteiger partial charge is 0.292 e. The van der Waals surface area contributed by atoms with Gasteiger partial charge in [0.1, 0.15) is 5.82 Å². The van der Waals surface area contributed by atoms with Gasteiger partial charge in [0.05, 0.1) is 11.0 Å². The SMILES string of the molecule is c1ccc(-n2c(-c3ccc4cc(-c5c6ccccc6c(-c6ccc(-c7ccc8c(-c9ccc%10ccccc%10c9)c9ccccc9c(-c9ccc%10ccccc%10c9)c8c7)cc6)c6ccccc56)ccc4c3)nc3ccccc32)cc1. The van der Waals surface area contributed by atoms with E-state index in [2.05, 4.69) is 296 Å². The number of nitrogens with zero attached hydrogens (tertiary/aromatic N) is 2. The maximum Gasteiger partial charge on any atom is 0.145 e. The van der Waals surface area contributed by atoms with E-state index in [4.69, 9.17) is 4.98 Å². The molecule has 2 heteroatoms. The molecule has 0 N–H and O–H groups in total. The topological polar surface area (TPSA) is 17.8 Å². The maximum atomic E-state index is 5.18. The summed E-state index contributed by atoms with van der Waals surface area (Å²) in [6, 6.07) is 107. The van der Waals surface area contributed by atoms with Crippen LogP contribution in [0.1, 0.15) is 0 Å². The minimum atomic E-state index is 0.933. The summed E-state index contributed by atoms with van der Waals surface area (Å²) in [5.74, 6) is 0.933. The van der Waals surface area contributed by atoms with Crippen molar-refractivity contribution < 1.29 is 0 Å². The van der Waals surface area contributed by atoms with Gasteiger partial charge in [-0.3, -0.25) is 4.57 Å². The average molecular weight is 1000 g/mol. The van der Waals surface area contributed by atoms with Crippen LogP contribution >= 0.6 is 0 Å². The van der Waals surface area contributed by atoms with Crippen molar-refractivity contribution in [2.75, 3.05) is 0 Å². The molecular weight excluding hydrogens is 953 g/mol. The van der Waals surface area contributed by atoms with Crippen LogP contribution in [0.3, 0.4) is 0 Å². The third-order valence-corrected chi connectivity index (χ3v) is 16.5. The Morgan fingerprint density at radius 3 is 1.11 bits per heavy atom. The van der Waals surface area contributed by atoms with Gasteiger partial charge in [0, 0.05) is 11.3 Å². The summed E-state index contributed by atoms with van der Waals surface area (Å²) in [6.07, 6.45) is 0. The van der Waals surface area contributed by atoms with Crippen molar-refractivity contribution >= 4 is 86.4 Å². The lowest BCUT2D eigenvalue weighted by Crippen LogP contribution is -1.97. The number of para-hydroxylation sites is 3. The van der Waals surface area contributed by atoms with E-state index in [0.29, 0.717) is 0 Å². The van der Waals surface area contributed by atoms with E-state index in [0.717, 1.165) is 28.1 Å². The summed E-state index contributed by atoms with van der Waals surface area (Å²) in [5, 5.41) is 17.2. The van der Waals surface area contributed by atoms with Crippen LogP contribution in [-0.2, 0) is 0 Å². The molecule has 0 saturated heterocycles. The molecule has 0 fully saturated rings. The van der Waals surface area contributed by atoms with E-state index in [1.807, 2.05) is 0 Å². The zero-order valence-electron chi connectivity index (χ0n) is 43.1. The molecule has 0 aliphatic heterocycles. The summed E-state index contributed by atoms with van der Waals surface area (Å²) in [5.41, 5.74) is 16.5. The molecule has 2 nitrogen and oxygen atoms in total. The molecule has 15 aromatic carbocycles. The third-order valence-electron chi connectivity index (χ3n) is 16.5. The van der Waals surface area contributed by atoms with E-state index < -0.39 is 0 Å². The highest BCUT2D eigenvalue weighted by molar-refractivity contribution is 6.24. The third kappa shape index (κ3) is 7.37. The highest BCUT2D eigenvalue weighted by atomic mass is 15.1. The minimum Gasteiger partial charge on any atom is -0.292 e. The van der Waals surface area contributed by atoms with Gasteiger partial charge in [-0.2, -0.15) is 0 Å². The first kappa shape index (κ1) is 44.8. The van der Waals surface area contributed by atoms with Crippen LogP contribution in [0.5, 0.6) is 0 Å². The van der Waals surface area contributed by atoms with Crippen LogP contribution in [0.25, 0.3) is 159 Å². The Bertz CT molecular complexity index is 5070. The molecule has 0 radical (unpaired) electrons. The zero-order chi connectivity index (χ0) is 52.0. The molecule has 0 spiro atoms. The average Bonchev–Trinajstić information content (AvgIpc) is 4.12. The molecule has 16 aromatic rings. The van der Waals surface area contributed by atoms with Crippen LogP contribution < -0.4 is 0 Å². The van der Waals surface area contributed by atoms with Crippen LogP contribution in [0.4, 0.5) is 0 Å². The molecular formula is C77H48N2. The summed E-state index contributed by atoms with van der Waals surface area (Å²) < 4.78 is 2.27. The molecule has 0 amide bonds. The molecule has 79 heavy (non-hydrogen) atoms. The number of hydrogen-bond donors (Lipinski definition) is 0. The molecule has 0 saturated carbocycles. The maximum absolute atomic E-state index is 5.18. The number of benzene rings is 15. The van der Waals surface area contributed by atoms with Gasteiger partial charge in [-0.25, -0.2) is 4.98 Å². The Kier molecular flexibility index (Phi) is 10.3. The number of fused-ring (bicyclic) bond motifs is 8. The lowest BCUT2D eigenvalue weighted by molar-refractivity contribution is 1.10. The fourth-order valence-electron chi connectivity index (χ4n) is 12.8. The summed E-state index contributed by atoms with van der Waals surface area (Å²) in [6.45, 7) is 0. The van der Waals surface area contributed by atoms with Crippen LogP contribution in [0.15, 0.2) is 291 Å². The minimum absolute atomic E-state index is 0.933. The quantitative estimate of drug-likeness (QED) is 0.146. The van der Waals surface area contributed by atoms with Gasteiger partial charge in [0.25, 0.3) is 0 Å². The Balaban J connectivity index is 0.817. The van der Waals surface area contributed by atoms with Crippen molar-refractivity contribution in [2.24, 2.45) is 0 Å². The van der Waals surface area contributed by atoms with Crippen LogP contribution in [-0.4, -0.2) is 9.55 Å². The molecule has 0 aliphatic rings. The summed E-state index contributed by atoms with van der Waals surface area (Å²) >= 11 is 0. The van der Waals surface area contributed by atoms with Crippen LogP contribution in [0.2, 0.25) is 0 Å². The first-order valence-electron chi connectivity index (χ1n) is 27.3. The fraction of sp³-hybridized carbons (Fsp3) is 0. The number of rotatable bonds is 7. The monoisotopic (exact) mass is 1000 g/mol. The molecule has 0 atom stereocenters. The summed E-state index contributed by atoms with van der Waals surface area (Å²) in [4.78, 5) is 5.18. The Labute approximate surface area is 457 Å². The van der Waals surface area contributed by atoms with Crippen molar-refractivity contribution in [3.63, 3.8) is 0 Å². The van der Waals surface area contributed by atoms with Gasteiger partial charge < -0.3 is 0 Å². The van der Waals surface area contributed by atoms with E-state index in [9.17, 15) is 0 Å². The van der Waals surface area contributed by atoms with E-state index in [1.165, 1.54) is 131 Å². The Hall–Kier alpha value is -10.4. The Morgan fingerprint density at radius 2 is 0.570 bits per heavy atom. The number of hydrogen-bond acceptors (Lipinski definition) is 1. The first-order chi connectivity index (χ1) is 39.2. The van der Waals surface area contributed by atoms with Crippen molar-refractivity contribution in [2.45, 2.75) is 0 Å². The molecule has 0 bridgehead atoms. The predicted octanol–water partition coefficient (Wildman–Crippen LogP) is 21.1. The second-order valence-electron chi connectivity index (χ2n) is 21.0. The zero-order valence-corrected chi connectivity index (χ0v) is 43.1. The van der Waals surface area contributed by atoms with E-state index >= 15 is 0 Å². The van der Waals surface area contributed by atoms with Gasteiger partial charge in [-0.15, -0.1) is 0 Å². The summed E-state index contributed by atoms with van der Waals surface area (Å²) in [7, 11) is 0.